The Kier molecular flexibility index (Phi) is 2.67. The molecule has 1 aromatic carbocycles. The number of carbonyl (C=O) groups is 2. The van der Waals surface area contributed by atoms with Crippen LogP contribution in [0.2, 0.25) is 10.0 Å². The van der Waals surface area contributed by atoms with Gasteiger partial charge < -0.3 is 4.90 Å². The quantitative estimate of drug-likeness (QED) is 0.711. The number of carbonyl (C=O) groups excluding carboxylic acids is 2. The molecule has 0 spiro atoms. The largest absolute Gasteiger partial charge is 0.304 e. The molecule has 1 fully saturated rings. The highest BCUT2D eigenvalue weighted by Crippen LogP contribution is 2.30. The van der Waals surface area contributed by atoms with Crippen LogP contribution in [0.5, 0.6) is 0 Å². The molecule has 0 radical (unpaired) electrons. The number of hydrogen-bond donors (Lipinski definition) is 0. The lowest BCUT2D eigenvalue weighted by atomic mass is 10.3. The molecule has 1 heterocycles. The fourth-order valence-electron chi connectivity index (χ4n) is 1.49. The van der Waals surface area contributed by atoms with Crippen LogP contribution in [0.3, 0.4) is 0 Å². The fraction of sp³-hybridized carbons (Fsp3) is 0.200. The Bertz CT molecular complexity index is 445. The Balaban J connectivity index is 2.42. The van der Waals surface area contributed by atoms with Crippen molar-refractivity contribution in [1.29, 1.82) is 0 Å². The number of benzene rings is 1. The molecule has 1 amide bonds. The summed E-state index contributed by atoms with van der Waals surface area (Å²) in [6.45, 7) is 0.373. The lowest BCUT2D eigenvalue weighted by Crippen LogP contribution is -2.27. The average molecular weight is 244 g/mol. The predicted molar refractivity (Wildman–Crippen MR) is 58.4 cm³/mol. The van der Waals surface area contributed by atoms with Crippen molar-refractivity contribution in [2.24, 2.45) is 0 Å². The van der Waals surface area contributed by atoms with E-state index in [-0.39, 0.29) is 12.2 Å². The zero-order chi connectivity index (χ0) is 11.0. The van der Waals surface area contributed by atoms with Gasteiger partial charge in [0, 0.05) is 18.0 Å². The van der Waals surface area contributed by atoms with E-state index in [4.69, 9.17) is 23.2 Å². The second-order valence-corrected chi connectivity index (χ2v) is 4.07. The first kappa shape index (κ1) is 10.5. The third-order valence-corrected chi connectivity index (χ3v) is 2.80. The summed E-state index contributed by atoms with van der Waals surface area (Å²) in [5, 5.41) is 0.906. The van der Waals surface area contributed by atoms with E-state index in [2.05, 4.69) is 0 Å². The minimum atomic E-state index is -0.515. The van der Waals surface area contributed by atoms with Crippen LogP contribution in [0.1, 0.15) is 6.42 Å². The van der Waals surface area contributed by atoms with Gasteiger partial charge in [-0.25, -0.2) is 0 Å². The highest BCUT2D eigenvalue weighted by molar-refractivity contribution is 6.45. The molecule has 0 atom stereocenters. The number of nitrogens with zero attached hydrogens (tertiary/aromatic N) is 1. The minimum absolute atomic E-state index is 0.238. The third-order valence-electron chi connectivity index (χ3n) is 2.25. The Morgan fingerprint density at radius 3 is 2.53 bits per heavy atom. The van der Waals surface area contributed by atoms with Gasteiger partial charge in [-0.3, -0.25) is 9.59 Å². The van der Waals surface area contributed by atoms with Gasteiger partial charge in [-0.2, -0.15) is 0 Å². The van der Waals surface area contributed by atoms with Crippen molar-refractivity contribution >= 4 is 40.6 Å². The smallest absolute Gasteiger partial charge is 0.294 e. The minimum Gasteiger partial charge on any atom is -0.304 e. The zero-order valence-corrected chi connectivity index (χ0v) is 9.18. The van der Waals surface area contributed by atoms with Crippen LogP contribution in [-0.4, -0.2) is 18.2 Å². The van der Waals surface area contributed by atoms with Gasteiger partial charge in [-0.15, -0.1) is 0 Å². The normalized spacial score (nSPS) is 16.3. The Hall–Kier alpha value is -1.06. The van der Waals surface area contributed by atoms with E-state index >= 15 is 0 Å². The summed E-state index contributed by atoms with van der Waals surface area (Å²) in [5.74, 6) is -0.898. The first-order valence-corrected chi connectivity index (χ1v) is 5.15. The van der Waals surface area contributed by atoms with Crippen LogP contribution >= 0.6 is 23.2 Å². The monoisotopic (exact) mass is 243 g/mol. The van der Waals surface area contributed by atoms with Crippen LogP contribution in [0.15, 0.2) is 18.2 Å². The van der Waals surface area contributed by atoms with Gasteiger partial charge in [0.2, 0.25) is 5.78 Å². The molecule has 1 aliphatic rings. The van der Waals surface area contributed by atoms with Gasteiger partial charge in [0.05, 0.1) is 10.7 Å². The molecule has 1 aromatic rings. The van der Waals surface area contributed by atoms with Gasteiger partial charge in [0.15, 0.2) is 0 Å². The van der Waals surface area contributed by atoms with Gasteiger partial charge in [-0.1, -0.05) is 23.2 Å². The van der Waals surface area contributed by atoms with Crippen LogP contribution < -0.4 is 4.90 Å². The second kappa shape index (κ2) is 3.83. The Labute approximate surface area is 96.6 Å². The van der Waals surface area contributed by atoms with E-state index in [1.54, 1.807) is 18.2 Å². The molecule has 0 saturated carbocycles. The first-order chi connectivity index (χ1) is 7.09. The fourth-order valence-corrected chi connectivity index (χ4v) is 1.88. The van der Waals surface area contributed by atoms with Gasteiger partial charge in [-0.05, 0) is 18.2 Å². The van der Waals surface area contributed by atoms with Crippen molar-refractivity contribution in [3.63, 3.8) is 0 Å². The van der Waals surface area contributed by atoms with Crippen LogP contribution in [0, 0.1) is 0 Å². The maximum absolute atomic E-state index is 11.4. The van der Waals surface area contributed by atoms with E-state index in [9.17, 15) is 9.59 Å². The first-order valence-electron chi connectivity index (χ1n) is 4.39. The molecule has 15 heavy (non-hydrogen) atoms. The van der Waals surface area contributed by atoms with Crippen LogP contribution in [-0.2, 0) is 9.59 Å². The lowest BCUT2D eigenvalue weighted by Gasteiger charge is -2.16. The summed E-state index contributed by atoms with van der Waals surface area (Å²) < 4.78 is 0. The summed E-state index contributed by atoms with van der Waals surface area (Å²) >= 11 is 11.7. The van der Waals surface area contributed by atoms with Crippen molar-refractivity contribution in [3.8, 4) is 0 Å². The average Bonchev–Trinajstić information content (AvgIpc) is 2.52. The molecule has 1 saturated heterocycles. The number of amides is 1. The van der Waals surface area contributed by atoms with Gasteiger partial charge in [0.1, 0.15) is 0 Å². The van der Waals surface area contributed by atoms with Crippen LogP contribution in [0.4, 0.5) is 5.69 Å². The van der Waals surface area contributed by atoms with Crippen molar-refractivity contribution in [3.05, 3.63) is 28.2 Å². The summed E-state index contributed by atoms with van der Waals surface area (Å²) in [6, 6.07) is 4.82. The molecule has 3 nitrogen and oxygen atoms in total. The maximum Gasteiger partial charge on any atom is 0.294 e. The molecule has 78 valence electrons. The number of anilines is 1. The number of Topliss-reactive ketones (excluding diaryl/α,β-unsaturated/α-hetero) is 1. The van der Waals surface area contributed by atoms with E-state index in [1.165, 1.54) is 4.90 Å². The summed E-state index contributed by atoms with van der Waals surface area (Å²) in [5.41, 5.74) is 0.500. The van der Waals surface area contributed by atoms with Crippen LogP contribution in [0.25, 0.3) is 0 Å². The predicted octanol–water partition coefficient (Wildman–Crippen LogP) is 2.30. The molecule has 1 aliphatic heterocycles. The van der Waals surface area contributed by atoms with Crippen molar-refractivity contribution < 1.29 is 9.59 Å². The van der Waals surface area contributed by atoms with E-state index in [0.29, 0.717) is 22.3 Å². The number of rotatable bonds is 1. The maximum atomic E-state index is 11.4. The molecule has 0 aromatic heterocycles. The number of halogens is 2. The molecular weight excluding hydrogens is 237 g/mol. The zero-order valence-electron chi connectivity index (χ0n) is 7.67. The second-order valence-electron chi connectivity index (χ2n) is 3.23. The van der Waals surface area contributed by atoms with Gasteiger partial charge >= 0.3 is 0 Å². The van der Waals surface area contributed by atoms with E-state index in [0.717, 1.165) is 0 Å². The SMILES string of the molecule is O=C1CCN(c2cc(Cl)ccc2Cl)C1=O. The van der Waals surface area contributed by atoms with Crippen molar-refractivity contribution in [2.45, 2.75) is 6.42 Å². The Morgan fingerprint density at radius 1 is 1.20 bits per heavy atom. The van der Waals surface area contributed by atoms with E-state index < -0.39 is 5.91 Å². The molecule has 0 aliphatic carbocycles. The standard InChI is InChI=1S/C10H7Cl2NO2/c11-6-1-2-7(12)8(5-6)13-4-3-9(14)10(13)15/h1-2,5H,3-4H2. The van der Waals surface area contributed by atoms with Crippen molar-refractivity contribution in [1.82, 2.24) is 0 Å². The number of ketones is 1. The molecule has 0 unspecified atom stereocenters. The van der Waals surface area contributed by atoms with Gasteiger partial charge in [0.25, 0.3) is 5.91 Å². The summed E-state index contributed by atoms with van der Waals surface area (Å²) in [7, 11) is 0. The topological polar surface area (TPSA) is 37.4 Å². The summed E-state index contributed by atoms with van der Waals surface area (Å²) in [4.78, 5) is 23.9. The van der Waals surface area contributed by atoms with Crippen molar-refractivity contribution in [2.75, 3.05) is 11.4 Å². The molecule has 5 heteroatoms. The number of hydrogen-bond acceptors (Lipinski definition) is 2. The lowest BCUT2D eigenvalue weighted by molar-refractivity contribution is -0.133. The summed E-state index contributed by atoms with van der Waals surface area (Å²) in [6.07, 6.45) is 0.238. The molecular formula is C10H7Cl2NO2. The highest BCUT2D eigenvalue weighted by Gasteiger charge is 2.31. The third kappa shape index (κ3) is 1.85. The molecule has 0 N–H and O–H groups in total. The molecule has 0 bridgehead atoms. The highest BCUT2D eigenvalue weighted by atomic mass is 35.5. The Morgan fingerprint density at radius 2 is 1.93 bits per heavy atom. The van der Waals surface area contributed by atoms with E-state index in [1.807, 2.05) is 0 Å². The molecule has 2 rings (SSSR count).